The Bertz CT molecular complexity index is 637. The number of amides is 2. The number of nitrogens with zero attached hydrogens (tertiary/aromatic N) is 2. The van der Waals surface area contributed by atoms with Crippen molar-refractivity contribution in [1.29, 1.82) is 0 Å². The average Bonchev–Trinajstić information content (AvgIpc) is 2.66. The number of ether oxygens (including phenoxy) is 1. The number of hydrogen-bond donors (Lipinski definition) is 2. The van der Waals surface area contributed by atoms with Gasteiger partial charge in [-0.15, -0.1) is 12.4 Å². The van der Waals surface area contributed by atoms with Crippen LogP contribution in [-0.4, -0.2) is 68.6 Å². The van der Waals surface area contributed by atoms with E-state index < -0.39 is 6.10 Å². The van der Waals surface area contributed by atoms with Gasteiger partial charge in [0.1, 0.15) is 5.75 Å². The smallest absolute Gasteiger partial charge is 0.267 e. The number of carbonyl (C=O) groups excluding carboxylic acids is 2. The molecule has 0 radical (unpaired) electrons. The second-order valence-corrected chi connectivity index (χ2v) is 6.76. The summed E-state index contributed by atoms with van der Waals surface area (Å²) in [6.45, 7) is 8.02. The van der Waals surface area contributed by atoms with E-state index in [0.29, 0.717) is 25.3 Å². The van der Waals surface area contributed by atoms with Gasteiger partial charge in [0.2, 0.25) is 5.91 Å². The first-order valence-corrected chi connectivity index (χ1v) is 9.42. The zero-order valence-electron chi connectivity index (χ0n) is 15.8. The van der Waals surface area contributed by atoms with E-state index in [1.54, 1.807) is 11.8 Å². The number of halogens is 1. The van der Waals surface area contributed by atoms with Crippen LogP contribution in [0.3, 0.4) is 0 Å². The van der Waals surface area contributed by atoms with Gasteiger partial charge in [0.05, 0.1) is 5.69 Å². The molecule has 1 unspecified atom stereocenters. The normalized spacial score (nSPS) is 19.7. The zero-order valence-corrected chi connectivity index (χ0v) is 16.6. The molecule has 1 aromatic carbocycles. The van der Waals surface area contributed by atoms with Gasteiger partial charge in [0.15, 0.2) is 6.10 Å². The Hall–Kier alpha value is -1.83. The van der Waals surface area contributed by atoms with Crippen LogP contribution in [-0.2, 0) is 9.59 Å². The highest BCUT2D eigenvalue weighted by Gasteiger charge is 2.31. The number of piperazine rings is 1. The van der Waals surface area contributed by atoms with Crippen molar-refractivity contribution in [2.24, 2.45) is 0 Å². The minimum atomic E-state index is -0.521. The first kappa shape index (κ1) is 21.5. The molecule has 2 heterocycles. The maximum atomic E-state index is 12.4. The fourth-order valence-corrected chi connectivity index (χ4v) is 3.36. The van der Waals surface area contributed by atoms with Crippen molar-refractivity contribution >= 4 is 29.9 Å². The summed E-state index contributed by atoms with van der Waals surface area (Å²) in [7, 11) is 0. The molecule has 0 aliphatic carbocycles. The molecule has 0 aromatic heterocycles. The van der Waals surface area contributed by atoms with E-state index >= 15 is 0 Å². The number of hydrogen-bond acceptors (Lipinski definition) is 5. The third-order valence-electron chi connectivity index (χ3n) is 4.82. The van der Waals surface area contributed by atoms with Crippen LogP contribution in [0.1, 0.15) is 19.8 Å². The van der Waals surface area contributed by atoms with Crippen LogP contribution in [0.5, 0.6) is 5.75 Å². The summed E-state index contributed by atoms with van der Waals surface area (Å²) in [6.07, 6.45) is 0.717. The van der Waals surface area contributed by atoms with Gasteiger partial charge in [0.25, 0.3) is 5.91 Å². The summed E-state index contributed by atoms with van der Waals surface area (Å²) in [5.74, 6) is 0.570. The Morgan fingerprint density at radius 3 is 2.78 bits per heavy atom. The van der Waals surface area contributed by atoms with Crippen LogP contribution in [0.25, 0.3) is 0 Å². The summed E-state index contributed by atoms with van der Waals surface area (Å²) in [6, 6.07) is 7.45. The van der Waals surface area contributed by atoms with Crippen molar-refractivity contribution in [3.63, 3.8) is 0 Å². The molecule has 1 fully saturated rings. The number of carbonyl (C=O) groups is 2. The van der Waals surface area contributed by atoms with E-state index in [2.05, 4.69) is 15.5 Å². The van der Waals surface area contributed by atoms with Crippen molar-refractivity contribution < 1.29 is 14.3 Å². The molecule has 1 aromatic rings. The second-order valence-electron chi connectivity index (χ2n) is 6.76. The molecule has 150 valence electrons. The Kier molecular flexibility index (Phi) is 8.34. The van der Waals surface area contributed by atoms with Gasteiger partial charge < -0.3 is 25.2 Å². The maximum Gasteiger partial charge on any atom is 0.267 e. The molecule has 2 aliphatic rings. The molecular formula is C19H29ClN4O3. The topological polar surface area (TPSA) is 73.9 Å². The Morgan fingerprint density at radius 2 is 2.00 bits per heavy atom. The van der Waals surface area contributed by atoms with E-state index in [9.17, 15) is 9.59 Å². The highest BCUT2D eigenvalue weighted by atomic mass is 35.5. The lowest BCUT2D eigenvalue weighted by Crippen LogP contribution is -2.46. The average molecular weight is 397 g/mol. The summed E-state index contributed by atoms with van der Waals surface area (Å²) < 4.78 is 5.62. The molecule has 0 spiro atoms. The summed E-state index contributed by atoms with van der Waals surface area (Å²) in [5.41, 5.74) is 0.738. The Morgan fingerprint density at radius 1 is 1.26 bits per heavy atom. The van der Waals surface area contributed by atoms with Gasteiger partial charge in [-0.3, -0.25) is 9.59 Å². The molecule has 2 N–H and O–H groups in total. The number of rotatable bonds is 7. The van der Waals surface area contributed by atoms with Crippen LogP contribution in [0.4, 0.5) is 5.69 Å². The first-order chi connectivity index (χ1) is 12.6. The number of nitrogens with one attached hydrogen (secondary N) is 2. The SMILES string of the molecule is CC1Oc2ccccc2N(CCC(=O)NCCCN2CCNCC2)C1=O.Cl. The lowest BCUT2D eigenvalue weighted by atomic mass is 10.1. The molecule has 8 heteroatoms. The summed E-state index contributed by atoms with van der Waals surface area (Å²) >= 11 is 0. The van der Waals surface area contributed by atoms with E-state index in [0.717, 1.165) is 44.8 Å². The van der Waals surface area contributed by atoms with Crippen LogP contribution < -0.4 is 20.3 Å². The van der Waals surface area contributed by atoms with Crippen LogP contribution in [0.2, 0.25) is 0 Å². The van der Waals surface area contributed by atoms with Gasteiger partial charge in [-0.05, 0) is 32.0 Å². The van der Waals surface area contributed by atoms with Gasteiger partial charge in [-0.1, -0.05) is 12.1 Å². The van der Waals surface area contributed by atoms with Crippen LogP contribution >= 0.6 is 12.4 Å². The highest BCUT2D eigenvalue weighted by Crippen LogP contribution is 2.33. The standard InChI is InChI=1S/C19H28N4O3.ClH/c1-15-19(25)23(16-5-2-3-6-17(16)26-15)12-7-18(24)21-8-4-11-22-13-9-20-10-14-22;/h2-3,5-6,15,20H,4,7-14H2,1H3,(H,21,24);1H. The van der Waals surface area contributed by atoms with Crippen molar-refractivity contribution in [2.75, 3.05) is 50.7 Å². The van der Waals surface area contributed by atoms with Gasteiger partial charge >= 0.3 is 0 Å². The van der Waals surface area contributed by atoms with E-state index in [4.69, 9.17) is 4.74 Å². The highest BCUT2D eigenvalue weighted by molar-refractivity contribution is 6.00. The Balaban J connectivity index is 0.00000261. The first-order valence-electron chi connectivity index (χ1n) is 9.42. The third-order valence-corrected chi connectivity index (χ3v) is 4.82. The molecule has 2 aliphatic heterocycles. The van der Waals surface area contributed by atoms with E-state index in [1.807, 2.05) is 24.3 Å². The number of fused-ring (bicyclic) bond motifs is 1. The summed E-state index contributed by atoms with van der Waals surface area (Å²) in [5, 5.41) is 6.29. The minimum absolute atomic E-state index is 0. The predicted octanol–water partition coefficient (Wildman–Crippen LogP) is 1.02. The predicted molar refractivity (Wildman–Crippen MR) is 108 cm³/mol. The van der Waals surface area contributed by atoms with Crippen molar-refractivity contribution in [2.45, 2.75) is 25.9 Å². The molecule has 0 saturated carbocycles. The Labute approximate surface area is 166 Å². The maximum absolute atomic E-state index is 12.4. The number of para-hydroxylation sites is 2. The lowest BCUT2D eigenvalue weighted by Gasteiger charge is -2.32. The molecular weight excluding hydrogens is 368 g/mol. The molecule has 2 amide bonds. The van der Waals surface area contributed by atoms with Crippen LogP contribution in [0.15, 0.2) is 24.3 Å². The van der Waals surface area contributed by atoms with E-state index in [1.165, 1.54) is 0 Å². The minimum Gasteiger partial charge on any atom is -0.479 e. The second kappa shape index (κ2) is 10.5. The fraction of sp³-hybridized carbons (Fsp3) is 0.579. The fourth-order valence-electron chi connectivity index (χ4n) is 3.36. The largest absolute Gasteiger partial charge is 0.479 e. The zero-order chi connectivity index (χ0) is 18.4. The molecule has 0 bridgehead atoms. The molecule has 7 nitrogen and oxygen atoms in total. The quantitative estimate of drug-likeness (QED) is 0.673. The summed E-state index contributed by atoms with van der Waals surface area (Å²) in [4.78, 5) is 28.6. The van der Waals surface area contributed by atoms with Crippen LogP contribution in [0, 0.1) is 0 Å². The van der Waals surface area contributed by atoms with Gasteiger partial charge in [-0.25, -0.2) is 0 Å². The van der Waals surface area contributed by atoms with Gasteiger partial charge in [-0.2, -0.15) is 0 Å². The van der Waals surface area contributed by atoms with E-state index in [-0.39, 0.29) is 24.2 Å². The third kappa shape index (κ3) is 5.82. The van der Waals surface area contributed by atoms with Crippen molar-refractivity contribution in [3.8, 4) is 5.75 Å². The molecule has 1 saturated heterocycles. The molecule has 1 atom stereocenters. The molecule has 3 rings (SSSR count). The molecule has 27 heavy (non-hydrogen) atoms. The monoisotopic (exact) mass is 396 g/mol. The van der Waals surface area contributed by atoms with Crippen molar-refractivity contribution in [3.05, 3.63) is 24.3 Å². The van der Waals surface area contributed by atoms with Crippen molar-refractivity contribution in [1.82, 2.24) is 15.5 Å². The van der Waals surface area contributed by atoms with Gasteiger partial charge in [0, 0.05) is 45.7 Å². The lowest BCUT2D eigenvalue weighted by molar-refractivity contribution is -0.125. The number of anilines is 1. The number of benzene rings is 1.